The maximum atomic E-state index is 5.19. The lowest BCUT2D eigenvalue weighted by molar-refractivity contribution is 1.08. The van der Waals surface area contributed by atoms with Crippen LogP contribution in [0.5, 0.6) is 0 Å². The molecule has 8 aromatic carbocycles. The molecular weight excluding hydrogens is 701 g/mol. The normalized spacial score (nSPS) is 11.6. The minimum atomic E-state index is 0.646. The molecule has 0 fully saturated rings. The molecule has 0 N–H and O–H groups in total. The van der Waals surface area contributed by atoms with Crippen molar-refractivity contribution in [2.24, 2.45) is 0 Å². The highest BCUT2D eigenvalue weighted by molar-refractivity contribution is 7.26. The van der Waals surface area contributed by atoms with Gasteiger partial charge in [0.15, 0.2) is 17.5 Å². The highest BCUT2D eigenvalue weighted by atomic mass is 32.1. The Labute approximate surface area is 327 Å². The Morgan fingerprint density at radius 3 is 1.54 bits per heavy atom. The fourth-order valence-electron chi connectivity index (χ4n) is 8.11. The van der Waals surface area contributed by atoms with Gasteiger partial charge in [-0.15, -0.1) is 11.3 Å². The van der Waals surface area contributed by atoms with E-state index in [1.807, 2.05) is 24.3 Å². The number of rotatable bonds is 6. The summed E-state index contributed by atoms with van der Waals surface area (Å²) in [5, 5.41) is 4.92. The molecule has 56 heavy (non-hydrogen) atoms. The molecule has 3 heterocycles. The number of aromatic nitrogens is 4. The largest absolute Gasteiger partial charge is 0.309 e. The number of hydrogen-bond acceptors (Lipinski definition) is 4. The van der Waals surface area contributed by atoms with E-state index >= 15 is 0 Å². The quantitative estimate of drug-likeness (QED) is 0.171. The monoisotopic (exact) mass is 732 g/mol. The van der Waals surface area contributed by atoms with Gasteiger partial charge in [0, 0.05) is 53.2 Å². The van der Waals surface area contributed by atoms with E-state index < -0.39 is 0 Å². The van der Waals surface area contributed by atoms with Crippen LogP contribution >= 0.6 is 11.3 Å². The summed E-state index contributed by atoms with van der Waals surface area (Å²) in [6.45, 7) is 0. The van der Waals surface area contributed by atoms with Crippen LogP contribution < -0.4 is 0 Å². The predicted molar refractivity (Wildman–Crippen MR) is 234 cm³/mol. The summed E-state index contributed by atoms with van der Waals surface area (Å²) in [7, 11) is 0. The van der Waals surface area contributed by atoms with Gasteiger partial charge in [-0.3, -0.25) is 0 Å². The van der Waals surface area contributed by atoms with Gasteiger partial charge < -0.3 is 4.57 Å². The van der Waals surface area contributed by atoms with E-state index in [0.717, 1.165) is 32.6 Å². The van der Waals surface area contributed by atoms with Gasteiger partial charge in [0.1, 0.15) is 0 Å². The molecule has 0 aliphatic carbocycles. The van der Waals surface area contributed by atoms with E-state index in [9.17, 15) is 0 Å². The van der Waals surface area contributed by atoms with E-state index in [1.165, 1.54) is 54.0 Å². The average molecular weight is 733 g/mol. The summed E-state index contributed by atoms with van der Waals surface area (Å²) < 4.78 is 4.79. The SMILES string of the molecule is c1ccc(-c2ccc(-c3nc(-c4ccccc4)nc(-c4cccc5c4sc4cccc(-c6ccccc6-n6c7ccccc7c7ccccc76)c45)n3)cc2)cc1. The first-order valence-corrected chi connectivity index (χ1v) is 19.6. The van der Waals surface area contributed by atoms with Crippen LogP contribution in [0.25, 0.3) is 104 Å². The molecule has 0 spiro atoms. The molecule has 5 heteroatoms. The van der Waals surface area contributed by atoms with Crippen LogP contribution in [-0.4, -0.2) is 19.5 Å². The first kappa shape index (κ1) is 32.2. The van der Waals surface area contributed by atoms with Crippen molar-refractivity contribution in [2.45, 2.75) is 0 Å². The lowest BCUT2D eigenvalue weighted by Gasteiger charge is -2.15. The summed E-state index contributed by atoms with van der Waals surface area (Å²) in [5.41, 5.74) is 11.1. The molecule has 0 aliphatic rings. The smallest absolute Gasteiger partial charge is 0.165 e. The van der Waals surface area contributed by atoms with Crippen LogP contribution in [0.4, 0.5) is 0 Å². The number of thiophene rings is 1. The van der Waals surface area contributed by atoms with Crippen LogP contribution in [-0.2, 0) is 0 Å². The Morgan fingerprint density at radius 2 is 0.821 bits per heavy atom. The van der Waals surface area contributed by atoms with E-state index in [4.69, 9.17) is 15.0 Å². The molecule has 0 atom stereocenters. The van der Waals surface area contributed by atoms with Gasteiger partial charge in [0.2, 0.25) is 0 Å². The van der Waals surface area contributed by atoms with Gasteiger partial charge in [0.05, 0.1) is 16.7 Å². The Balaban J connectivity index is 1.10. The van der Waals surface area contributed by atoms with Crippen molar-refractivity contribution in [2.75, 3.05) is 0 Å². The van der Waals surface area contributed by atoms with Crippen LogP contribution in [0.2, 0.25) is 0 Å². The molecular formula is C51H32N4S. The van der Waals surface area contributed by atoms with Crippen molar-refractivity contribution in [3.8, 4) is 62.1 Å². The third-order valence-corrected chi connectivity index (χ3v) is 11.9. The van der Waals surface area contributed by atoms with E-state index in [2.05, 4.69) is 174 Å². The van der Waals surface area contributed by atoms with Gasteiger partial charge in [-0.25, -0.2) is 15.0 Å². The van der Waals surface area contributed by atoms with Crippen LogP contribution in [0.1, 0.15) is 0 Å². The molecule has 0 aliphatic heterocycles. The molecule has 0 bridgehead atoms. The van der Waals surface area contributed by atoms with Crippen molar-refractivity contribution in [1.82, 2.24) is 19.5 Å². The molecule has 4 nitrogen and oxygen atoms in total. The van der Waals surface area contributed by atoms with Crippen LogP contribution in [0.3, 0.4) is 0 Å². The fourth-order valence-corrected chi connectivity index (χ4v) is 9.35. The second-order valence-electron chi connectivity index (χ2n) is 14.0. The summed E-state index contributed by atoms with van der Waals surface area (Å²) in [6.07, 6.45) is 0. The van der Waals surface area contributed by atoms with Crippen molar-refractivity contribution in [3.63, 3.8) is 0 Å². The Kier molecular flexibility index (Phi) is 7.64. The molecule has 11 rings (SSSR count). The van der Waals surface area contributed by atoms with Crippen LogP contribution in [0.15, 0.2) is 194 Å². The molecule has 0 unspecified atom stereocenters. The zero-order chi connectivity index (χ0) is 37.0. The highest BCUT2D eigenvalue weighted by Gasteiger charge is 2.21. The third-order valence-electron chi connectivity index (χ3n) is 10.7. The van der Waals surface area contributed by atoms with Gasteiger partial charge in [-0.05, 0) is 47.0 Å². The molecule has 0 amide bonds. The molecule has 0 saturated heterocycles. The van der Waals surface area contributed by atoms with Crippen LogP contribution in [0, 0.1) is 0 Å². The summed E-state index contributed by atoms with van der Waals surface area (Å²) in [5.74, 6) is 1.95. The lowest BCUT2D eigenvalue weighted by atomic mass is 9.97. The molecule has 0 radical (unpaired) electrons. The Morgan fingerprint density at radius 1 is 0.339 bits per heavy atom. The number of hydrogen-bond donors (Lipinski definition) is 0. The number of nitrogens with zero attached hydrogens (tertiary/aromatic N) is 4. The van der Waals surface area contributed by atoms with Crippen molar-refractivity contribution >= 4 is 53.3 Å². The van der Waals surface area contributed by atoms with Gasteiger partial charge >= 0.3 is 0 Å². The Hall–Kier alpha value is -7.21. The first-order chi connectivity index (χ1) is 27.8. The molecule has 262 valence electrons. The maximum absolute atomic E-state index is 5.19. The molecule has 0 saturated carbocycles. The topological polar surface area (TPSA) is 43.6 Å². The van der Waals surface area contributed by atoms with Gasteiger partial charge in [0.25, 0.3) is 0 Å². The van der Waals surface area contributed by atoms with Gasteiger partial charge in [-0.1, -0.05) is 164 Å². The highest BCUT2D eigenvalue weighted by Crippen LogP contribution is 2.45. The molecule has 3 aromatic heterocycles. The van der Waals surface area contributed by atoms with E-state index in [1.54, 1.807) is 11.3 Å². The van der Waals surface area contributed by atoms with Gasteiger partial charge in [-0.2, -0.15) is 0 Å². The average Bonchev–Trinajstić information content (AvgIpc) is 3.83. The van der Waals surface area contributed by atoms with Crippen molar-refractivity contribution in [1.29, 1.82) is 0 Å². The summed E-state index contributed by atoms with van der Waals surface area (Å²) in [4.78, 5) is 15.4. The number of benzene rings is 8. The predicted octanol–water partition coefficient (Wildman–Crippen LogP) is 13.7. The lowest BCUT2D eigenvalue weighted by Crippen LogP contribution is -2.00. The second kappa shape index (κ2) is 13.3. The zero-order valence-corrected chi connectivity index (χ0v) is 31.0. The minimum Gasteiger partial charge on any atom is -0.309 e. The number of fused-ring (bicyclic) bond motifs is 6. The van der Waals surface area contributed by atoms with E-state index in [-0.39, 0.29) is 0 Å². The zero-order valence-electron chi connectivity index (χ0n) is 30.2. The van der Waals surface area contributed by atoms with Crippen molar-refractivity contribution in [3.05, 3.63) is 194 Å². The maximum Gasteiger partial charge on any atom is 0.165 e. The standard InChI is InChI=1S/C51H32N4S/c1-3-15-33(16-4-1)34-29-31-36(32-30-34)50-52-49(35-17-5-2-6-18-35)53-51(54-50)42-24-13-23-41-47-40(22-14-28-46(47)56-48(41)42)39-21-9-12-27-45(39)55-43-25-10-7-19-37(43)38-20-8-11-26-44(38)55/h1-32H. The first-order valence-electron chi connectivity index (χ1n) is 18.8. The number of para-hydroxylation sites is 3. The van der Waals surface area contributed by atoms with Crippen molar-refractivity contribution < 1.29 is 0 Å². The van der Waals surface area contributed by atoms with E-state index in [0.29, 0.717) is 17.5 Å². The summed E-state index contributed by atoms with van der Waals surface area (Å²) >= 11 is 1.80. The molecule has 11 aromatic rings. The third kappa shape index (κ3) is 5.32. The second-order valence-corrected chi connectivity index (χ2v) is 15.0. The summed E-state index contributed by atoms with van der Waals surface area (Å²) in [6, 6.07) is 68.5. The Bertz CT molecular complexity index is 3180. The minimum absolute atomic E-state index is 0.646. The fraction of sp³-hybridized carbons (Fsp3) is 0.